The van der Waals surface area contributed by atoms with Crippen LogP contribution in [0, 0.1) is 11.3 Å². The molecule has 100 valence electrons. The van der Waals surface area contributed by atoms with Gasteiger partial charge in [0, 0.05) is 6.54 Å². The van der Waals surface area contributed by atoms with Crippen molar-refractivity contribution in [3.63, 3.8) is 0 Å². The Hall–Kier alpha value is -1.97. The molecule has 0 aliphatic carbocycles. The Kier molecular flexibility index (Phi) is 5.24. The van der Waals surface area contributed by atoms with Crippen LogP contribution in [0.5, 0.6) is 0 Å². The van der Waals surface area contributed by atoms with Crippen LogP contribution in [0.25, 0.3) is 0 Å². The third-order valence-corrected chi connectivity index (χ3v) is 2.49. The lowest BCUT2D eigenvalue weighted by Gasteiger charge is -2.39. The molecule has 0 radical (unpaired) electrons. The number of rotatable bonds is 2. The van der Waals surface area contributed by atoms with Crippen molar-refractivity contribution < 1.29 is 19.1 Å². The second-order valence-corrected chi connectivity index (χ2v) is 3.65. The molecule has 18 heavy (non-hydrogen) atoms. The Balaban J connectivity index is 2.87. The van der Waals surface area contributed by atoms with E-state index in [1.54, 1.807) is 13.8 Å². The maximum atomic E-state index is 11.8. The number of nitriles is 1. The van der Waals surface area contributed by atoms with Gasteiger partial charge < -0.3 is 9.47 Å². The average molecular weight is 255 g/mol. The number of amides is 2. The minimum Gasteiger partial charge on any atom is -0.448 e. The number of hydrogen-bond donors (Lipinski definition) is 0. The molecular formula is C11H17N3O4. The summed E-state index contributed by atoms with van der Waals surface area (Å²) >= 11 is 0. The minimum atomic E-state index is -0.697. The van der Waals surface area contributed by atoms with Crippen LogP contribution in [0.15, 0.2) is 0 Å². The van der Waals surface area contributed by atoms with Crippen molar-refractivity contribution in [1.82, 2.24) is 10.0 Å². The second-order valence-electron chi connectivity index (χ2n) is 3.65. The van der Waals surface area contributed by atoms with Gasteiger partial charge in [0.05, 0.1) is 19.3 Å². The van der Waals surface area contributed by atoms with Gasteiger partial charge in [-0.15, -0.1) is 0 Å². The van der Waals surface area contributed by atoms with E-state index in [0.717, 1.165) is 10.0 Å². The lowest BCUT2D eigenvalue weighted by Crippen LogP contribution is -2.57. The summed E-state index contributed by atoms with van der Waals surface area (Å²) in [4.78, 5) is 23.5. The Morgan fingerprint density at radius 2 is 1.89 bits per heavy atom. The number of hydrazine groups is 1. The van der Waals surface area contributed by atoms with Gasteiger partial charge in [-0.1, -0.05) is 0 Å². The normalized spacial score (nSPS) is 19.1. The van der Waals surface area contributed by atoms with E-state index in [1.165, 1.54) is 0 Å². The first-order valence-corrected chi connectivity index (χ1v) is 5.95. The molecule has 1 unspecified atom stereocenters. The third kappa shape index (κ3) is 3.03. The molecule has 1 aliphatic heterocycles. The summed E-state index contributed by atoms with van der Waals surface area (Å²) in [5.74, 6) is 0. The standard InChI is InChI=1S/C11H17N3O4/c1-3-17-10(15)13-7-5-6-9(8-12)14(13)11(16)18-4-2/h9H,3-7H2,1-2H3. The highest BCUT2D eigenvalue weighted by Crippen LogP contribution is 2.19. The molecule has 1 heterocycles. The van der Waals surface area contributed by atoms with Gasteiger partial charge in [0.1, 0.15) is 6.04 Å². The SMILES string of the molecule is CCOC(=O)N1CCCC(C#N)N1C(=O)OCC. The fourth-order valence-electron chi connectivity index (χ4n) is 1.74. The molecule has 1 rings (SSSR count). The average Bonchev–Trinajstić information content (AvgIpc) is 2.38. The summed E-state index contributed by atoms with van der Waals surface area (Å²) in [5, 5.41) is 11.2. The van der Waals surface area contributed by atoms with Crippen LogP contribution < -0.4 is 0 Å². The number of nitrogens with zero attached hydrogens (tertiary/aromatic N) is 3. The molecule has 1 aliphatic rings. The van der Waals surface area contributed by atoms with Gasteiger partial charge in [-0.25, -0.2) is 14.6 Å². The third-order valence-electron chi connectivity index (χ3n) is 2.49. The van der Waals surface area contributed by atoms with Crippen LogP contribution >= 0.6 is 0 Å². The highest BCUT2D eigenvalue weighted by atomic mass is 16.6. The highest BCUT2D eigenvalue weighted by Gasteiger charge is 2.37. The molecule has 0 saturated carbocycles. The molecular weight excluding hydrogens is 238 g/mol. The highest BCUT2D eigenvalue weighted by molar-refractivity contribution is 5.75. The van der Waals surface area contributed by atoms with Gasteiger partial charge in [-0.3, -0.25) is 0 Å². The Morgan fingerprint density at radius 1 is 1.28 bits per heavy atom. The number of hydrogen-bond acceptors (Lipinski definition) is 5. The van der Waals surface area contributed by atoms with Crippen LogP contribution in [0.2, 0.25) is 0 Å². The van der Waals surface area contributed by atoms with Crippen LogP contribution in [-0.2, 0) is 9.47 Å². The van der Waals surface area contributed by atoms with Crippen molar-refractivity contribution in [1.29, 1.82) is 5.26 Å². The van der Waals surface area contributed by atoms with Gasteiger partial charge in [-0.05, 0) is 26.7 Å². The maximum Gasteiger partial charge on any atom is 0.430 e. The first-order chi connectivity index (χ1) is 8.65. The van der Waals surface area contributed by atoms with E-state index in [9.17, 15) is 9.59 Å². The van der Waals surface area contributed by atoms with Crippen molar-refractivity contribution in [3.8, 4) is 6.07 Å². The smallest absolute Gasteiger partial charge is 0.430 e. The molecule has 0 aromatic rings. The fraction of sp³-hybridized carbons (Fsp3) is 0.727. The molecule has 0 bridgehead atoms. The van der Waals surface area contributed by atoms with Crippen LogP contribution in [0.4, 0.5) is 9.59 Å². The van der Waals surface area contributed by atoms with Gasteiger partial charge in [0.2, 0.25) is 0 Å². The van der Waals surface area contributed by atoms with Crippen molar-refractivity contribution in [2.24, 2.45) is 0 Å². The Morgan fingerprint density at radius 3 is 2.44 bits per heavy atom. The Labute approximate surface area is 106 Å². The second kappa shape index (κ2) is 6.69. The summed E-state index contributed by atoms with van der Waals surface area (Å²) in [6.45, 7) is 4.08. The molecule has 0 spiro atoms. The zero-order valence-corrected chi connectivity index (χ0v) is 10.6. The zero-order valence-electron chi connectivity index (χ0n) is 10.6. The van der Waals surface area contributed by atoms with Crippen LogP contribution in [0.1, 0.15) is 26.7 Å². The first-order valence-electron chi connectivity index (χ1n) is 5.95. The molecule has 0 N–H and O–H groups in total. The predicted molar refractivity (Wildman–Crippen MR) is 61.2 cm³/mol. The summed E-state index contributed by atoms with van der Waals surface area (Å²) < 4.78 is 9.72. The van der Waals surface area contributed by atoms with E-state index >= 15 is 0 Å². The maximum absolute atomic E-state index is 11.8. The van der Waals surface area contributed by atoms with Gasteiger partial charge in [0.25, 0.3) is 0 Å². The topological polar surface area (TPSA) is 82.9 Å². The first kappa shape index (κ1) is 14.1. The predicted octanol–water partition coefficient (Wildman–Crippen LogP) is 1.50. The molecule has 1 fully saturated rings. The largest absolute Gasteiger partial charge is 0.448 e. The van der Waals surface area contributed by atoms with E-state index in [-0.39, 0.29) is 13.2 Å². The van der Waals surface area contributed by atoms with Crippen molar-refractivity contribution in [2.75, 3.05) is 19.8 Å². The minimum absolute atomic E-state index is 0.185. The summed E-state index contributed by atoms with van der Waals surface area (Å²) in [6.07, 6.45) is -0.166. The van der Waals surface area contributed by atoms with E-state index in [4.69, 9.17) is 14.7 Å². The monoisotopic (exact) mass is 255 g/mol. The quantitative estimate of drug-likeness (QED) is 0.746. The van der Waals surface area contributed by atoms with E-state index in [2.05, 4.69) is 0 Å². The lowest BCUT2D eigenvalue weighted by molar-refractivity contribution is -0.0513. The van der Waals surface area contributed by atoms with E-state index in [1.807, 2.05) is 6.07 Å². The number of carbonyl (C=O) groups excluding carboxylic acids is 2. The van der Waals surface area contributed by atoms with Gasteiger partial charge in [-0.2, -0.15) is 10.3 Å². The molecule has 1 atom stereocenters. The number of carbonyl (C=O) groups is 2. The van der Waals surface area contributed by atoms with Crippen LogP contribution in [0.3, 0.4) is 0 Å². The number of ether oxygens (including phenoxy) is 2. The van der Waals surface area contributed by atoms with Gasteiger partial charge in [0.15, 0.2) is 0 Å². The summed E-state index contributed by atoms with van der Waals surface area (Å²) in [7, 11) is 0. The lowest BCUT2D eigenvalue weighted by atomic mass is 10.1. The molecule has 2 amide bonds. The van der Waals surface area contributed by atoms with Crippen LogP contribution in [-0.4, -0.2) is 48.0 Å². The van der Waals surface area contributed by atoms with Crippen molar-refractivity contribution in [3.05, 3.63) is 0 Å². The summed E-state index contributed by atoms with van der Waals surface area (Å²) in [5.41, 5.74) is 0. The molecule has 0 aromatic carbocycles. The molecule has 7 heteroatoms. The zero-order chi connectivity index (χ0) is 13.5. The molecule has 7 nitrogen and oxygen atoms in total. The fourth-order valence-corrected chi connectivity index (χ4v) is 1.74. The molecule has 0 aromatic heterocycles. The summed E-state index contributed by atoms with van der Waals surface area (Å²) in [6, 6.07) is 1.30. The Bertz CT molecular complexity index is 353. The van der Waals surface area contributed by atoms with Crippen molar-refractivity contribution >= 4 is 12.2 Å². The van der Waals surface area contributed by atoms with Crippen molar-refractivity contribution in [2.45, 2.75) is 32.7 Å². The van der Waals surface area contributed by atoms with E-state index < -0.39 is 18.2 Å². The van der Waals surface area contributed by atoms with E-state index in [0.29, 0.717) is 19.4 Å². The molecule has 1 saturated heterocycles. The van der Waals surface area contributed by atoms with Gasteiger partial charge >= 0.3 is 12.2 Å².